The topological polar surface area (TPSA) is 89.8 Å². The number of carbonyl (C=O) groups is 1. The highest BCUT2D eigenvalue weighted by Gasteiger charge is 2.65. The van der Waals surface area contributed by atoms with Crippen molar-refractivity contribution in [2.45, 2.75) is 123 Å². The van der Waals surface area contributed by atoms with Gasteiger partial charge in [-0.05, 0) is 123 Å². The Labute approximate surface area is 236 Å². The molecule has 0 unspecified atom stereocenters. The summed E-state index contributed by atoms with van der Waals surface area (Å²) in [4.78, 5) is 12.8. The van der Waals surface area contributed by atoms with E-state index in [0.29, 0.717) is 36.0 Å². The molecule has 0 spiro atoms. The van der Waals surface area contributed by atoms with E-state index in [2.05, 4.69) is 57.3 Å². The van der Waals surface area contributed by atoms with Crippen LogP contribution in [0.3, 0.4) is 0 Å². The van der Waals surface area contributed by atoms with Gasteiger partial charge in [-0.2, -0.15) is 0 Å². The fourth-order valence-corrected chi connectivity index (χ4v) is 10.1. The maximum atomic E-state index is 12.8. The molecule has 39 heavy (non-hydrogen) atoms. The second kappa shape index (κ2) is 11.4. The Kier molecular flexibility index (Phi) is 8.54. The van der Waals surface area contributed by atoms with E-state index < -0.39 is 0 Å². The molecule has 1 aromatic rings. The van der Waals surface area contributed by atoms with Gasteiger partial charge in [0.1, 0.15) is 0 Å². The summed E-state index contributed by atoms with van der Waals surface area (Å²) in [6.07, 6.45) is 8.64. The highest BCUT2D eigenvalue weighted by molar-refractivity contribution is 5.76. The van der Waals surface area contributed by atoms with Gasteiger partial charge in [0, 0.05) is 12.5 Å². The van der Waals surface area contributed by atoms with Crippen LogP contribution in [0.4, 0.5) is 0 Å². The minimum absolute atomic E-state index is 0.102. The molecule has 0 aromatic heterocycles. The lowest BCUT2D eigenvalue weighted by Gasteiger charge is -2.63. The number of hydrogen-bond donors (Lipinski definition) is 4. The van der Waals surface area contributed by atoms with E-state index >= 15 is 0 Å². The highest BCUT2D eigenvalue weighted by Crippen LogP contribution is 2.68. The van der Waals surface area contributed by atoms with E-state index in [1.54, 1.807) is 0 Å². The van der Waals surface area contributed by atoms with E-state index in [1.165, 1.54) is 5.56 Å². The minimum Gasteiger partial charge on any atom is -0.393 e. The van der Waals surface area contributed by atoms with Gasteiger partial charge in [-0.15, -0.1) is 0 Å². The van der Waals surface area contributed by atoms with Crippen molar-refractivity contribution in [1.29, 1.82) is 0 Å². The van der Waals surface area contributed by atoms with Gasteiger partial charge in [-0.25, -0.2) is 0 Å². The van der Waals surface area contributed by atoms with Crippen LogP contribution < -0.4 is 5.32 Å². The number of benzene rings is 1. The number of rotatable bonds is 8. The van der Waals surface area contributed by atoms with Crippen molar-refractivity contribution in [3.63, 3.8) is 0 Å². The highest BCUT2D eigenvalue weighted by atomic mass is 16.3. The van der Waals surface area contributed by atoms with Crippen LogP contribution in [0.1, 0.15) is 97.5 Å². The Balaban J connectivity index is 1.19. The summed E-state index contributed by atoms with van der Waals surface area (Å²) in [6.45, 7) is 9.05. The van der Waals surface area contributed by atoms with Crippen LogP contribution in [0, 0.1) is 46.3 Å². The average molecular weight is 540 g/mol. The monoisotopic (exact) mass is 539 g/mol. The van der Waals surface area contributed by atoms with Crippen molar-refractivity contribution < 1.29 is 20.1 Å². The van der Waals surface area contributed by atoms with Crippen LogP contribution in [0.2, 0.25) is 0 Å². The number of fused-ring (bicyclic) bond motifs is 5. The molecule has 0 radical (unpaired) electrons. The zero-order valence-electron chi connectivity index (χ0n) is 24.7. The average Bonchev–Trinajstić information content (AvgIpc) is 3.27. The molecule has 1 amide bonds. The zero-order chi connectivity index (χ0) is 27.9. The van der Waals surface area contributed by atoms with E-state index in [0.717, 1.165) is 64.2 Å². The van der Waals surface area contributed by atoms with E-state index in [4.69, 9.17) is 0 Å². The largest absolute Gasteiger partial charge is 0.393 e. The normalized spacial score (nSPS) is 43.1. The van der Waals surface area contributed by atoms with Crippen molar-refractivity contribution in [1.82, 2.24) is 5.32 Å². The number of aryl methyl sites for hydroxylation is 1. The second-order valence-electron chi connectivity index (χ2n) is 14.5. The molecule has 0 bridgehead atoms. The molecule has 1 aromatic carbocycles. The predicted octanol–water partition coefficient (Wildman–Crippen LogP) is 5.50. The predicted molar refractivity (Wildman–Crippen MR) is 155 cm³/mol. The maximum absolute atomic E-state index is 12.8. The Morgan fingerprint density at radius 2 is 1.72 bits per heavy atom. The molecular weight excluding hydrogens is 486 g/mol. The smallest absolute Gasteiger partial charge is 0.220 e. The SMILES string of the molecule is C[C@H](CCc1ccccc1)NC(=O)CC[C@@H](C)[C@H]1CC[C@H]2[C@@H]3[C@H](O)C[C@@H]4C[C@H](O)CC[C@]4(C)[C@H]3C[C@H](O)[C@]12C. The molecule has 12 atom stereocenters. The van der Waals surface area contributed by atoms with E-state index in [-0.39, 0.29) is 47.0 Å². The van der Waals surface area contributed by atoms with Crippen molar-refractivity contribution in [3.8, 4) is 0 Å². The fourth-order valence-electron chi connectivity index (χ4n) is 10.1. The molecule has 4 fully saturated rings. The molecule has 5 heteroatoms. The van der Waals surface area contributed by atoms with Crippen LogP contribution >= 0.6 is 0 Å². The Morgan fingerprint density at radius 3 is 2.46 bits per heavy atom. The van der Waals surface area contributed by atoms with E-state index in [9.17, 15) is 20.1 Å². The van der Waals surface area contributed by atoms with Crippen LogP contribution in [-0.2, 0) is 11.2 Å². The van der Waals surface area contributed by atoms with Gasteiger partial charge in [0.05, 0.1) is 18.3 Å². The number of carbonyl (C=O) groups excluding carboxylic acids is 1. The van der Waals surface area contributed by atoms with Crippen molar-refractivity contribution >= 4 is 5.91 Å². The molecule has 0 saturated heterocycles. The molecule has 0 aliphatic heterocycles. The summed E-state index contributed by atoms with van der Waals surface area (Å²) in [5.74, 6) is 2.08. The van der Waals surface area contributed by atoms with Gasteiger partial charge in [0.15, 0.2) is 0 Å². The first-order valence-electron chi connectivity index (χ1n) is 15.9. The zero-order valence-corrected chi connectivity index (χ0v) is 24.7. The molecule has 4 aliphatic carbocycles. The summed E-state index contributed by atoms with van der Waals surface area (Å²) in [6, 6.07) is 10.6. The van der Waals surface area contributed by atoms with Gasteiger partial charge in [0.25, 0.3) is 0 Å². The third-order valence-corrected chi connectivity index (χ3v) is 12.5. The first kappa shape index (κ1) is 29.1. The Hall–Kier alpha value is -1.43. The molecule has 5 rings (SSSR count). The molecule has 218 valence electrons. The van der Waals surface area contributed by atoms with Crippen LogP contribution in [0.25, 0.3) is 0 Å². The minimum atomic E-state index is -0.375. The molecule has 4 aliphatic rings. The summed E-state index contributed by atoms with van der Waals surface area (Å²) in [7, 11) is 0. The van der Waals surface area contributed by atoms with Crippen molar-refractivity contribution in [3.05, 3.63) is 35.9 Å². The van der Waals surface area contributed by atoms with E-state index in [1.807, 2.05) is 6.07 Å². The summed E-state index contributed by atoms with van der Waals surface area (Å²) >= 11 is 0. The van der Waals surface area contributed by atoms with Crippen LogP contribution in [-0.4, -0.2) is 45.6 Å². The molecule has 5 nitrogen and oxygen atoms in total. The van der Waals surface area contributed by atoms with Crippen molar-refractivity contribution in [2.24, 2.45) is 46.3 Å². The Morgan fingerprint density at radius 1 is 0.974 bits per heavy atom. The molecule has 4 saturated carbocycles. The van der Waals surface area contributed by atoms with Gasteiger partial charge in [0.2, 0.25) is 5.91 Å². The fraction of sp³-hybridized carbons (Fsp3) is 0.794. The number of nitrogens with one attached hydrogen (secondary N) is 1. The lowest BCUT2D eigenvalue weighted by Crippen LogP contribution is -2.62. The number of amides is 1. The summed E-state index contributed by atoms with van der Waals surface area (Å²) < 4.78 is 0. The van der Waals surface area contributed by atoms with Gasteiger partial charge in [-0.1, -0.05) is 51.1 Å². The summed E-state index contributed by atoms with van der Waals surface area (Å²) in [5, 5.41) is 36.8. The van der Waals surface area contributed by atoms with Gasteiger partial charge >= 0.3 is 0 Å². The lowest BCUT2D eigenvalue weighted by atomic mass is 9.43. The van der Waals surface area contributed by atoms with Crippen LogP contribution in [0.15, 0.2) is 30.3 Å². The van der Waals surface area contributed by atoms with Gasteiger partial charge in [-0.3, -0.25) is 4.79 Å². The van der Waals surface area contributed by atoms with Crippen LogP contribution in [0.5, 0.6) is 0 Å². The number of hydrogen-bond acceptors (Lipinski definition) is 4. The third kappa shape index (κ3) is 5.45. The maximum Gasteiger partial charge on any atom is 0.220 e. The first-order chi connectivity index (χ1) is 18.5. The first-order valence-corrected chi connectivity index (χ1v) is 15.9. The second-order valence-corrected chi connectivity index (χ2v) is 14.5. The van der Waals surface area contributed by atoms with Crippen molar-refractivity contribution in [2.75, 3.05) is 0 Å². The molecule has 4 N–H and O–H groups in total. The number of aliphatic hydroxyl groups is 3. The quantitative estimate of drug-likeness (QED) is 0.351. The summed E-state index contributed by atoms with van der Waals surface area (Å²) in [5.41, 5.74) is 1.20. The Bertz CT molecular complexity index is 985. The third-order valence-electron chi connectivity index (χ3n) is 12.5. The van der Waals surface area contributed by atoms with Gasteiger partial charge < -0.3 is 20.6 Å². The molecule has 0 heterocycles. The number of aliphatic hydroxyl groups excluding tert-OH is 3. The molecular formula is C34H53NO4. The lowest BCUT2D eigenvalue weighted by molar-refractivity contribution is -0.207. The standard InChI is InChI=1S/C34H53NO4/c1-21(10-15-31(39)35-22(2)11-12-23-8-6-5-7-9-23)26-13-14-27-32-28(20-30(38)34(26,27)4)33(3)17-16-25(36)18-24(33)19-29(32)37/h5-9,21-22,24-30,32,36-38H,10-20H2,1-4H3,(H,35,39)/t21-,22-,24+,25-,26-,27+,28+,29-,30+,32+,33+,34-/m1/s1.